The van der Waals surface area contributed by atoms with Crippen LogP contribution in [0.15, 0.2) is 12.5 Å². The molecule has 19 heavy (non-hydrogen) atoms. The van der Waals surface area contributed by atoms with Crippen LogP contribution in [0.2, 0.25) is 0 Å². The van der Waals surface area contributed by atoms with E-state index in [1.165, 1.54) is 11.1 Å². The van der Waals surface area contributed by atoms with Crippen LogP contribution in [0, 0.1) is 5.92 Å². The Bertz CT molecular complexity index is 483. The minimum atomic E-state index is -0.923. The predicted octanol–water partition coefficient (Wildman–Crippen LogP) is 1.14. The van der Waals surface area contributed by atoms with Crippen molar-refractivity contribution in [3.8, 4) is 0 Å². The number of likely N-dealkylation sites (tertiary alicyclic amines) is 1. The van der Waals surface area contributed by atoms with Crippen LogP contribution in [0.3, 0.4) is 0 Å². The highest BCUT2D eigenvalue weighted by atomic mass is 16.4. The van der Waals surface area contributed by atoms with Crippen molar-refractivity contribution in [3.63, 3.8) is 0 Å². The molecule has 1 aromatic rings. The number of amides is 1. The highest BCUT2D eigenvalue weighted by Gasteiger charge is 2.36. The first-order valence-corrected chi connectivity index (χ1v) is 6.54. The summed E-state index contributed by atoms with van der Waals surface area (Å²) in [6, 6.07) is -0.721. The molecule has 0 bridgehead atoms. The van der Waals surface area contributed by atoms with Gasteiger partial charge < -0.3 is 14.6 Å². The Labute approximate surface area is 112 Å². The average molecular weight is 265 g/mol. The first-order chi connectivity index (χ1) is 9.04. The standard InChI is InChI=1S/C13H19N3O3/c1-3-9-4-5-16(10(6-9)13(18)19)12(17)11-7-14-8-15(11)2/h7-10H,3-6H2,1-2H3,(H,18,19). The fourth-order valence-corrected chi connectivity index (χ4v) is 2.60. The van der Waals surface area contributed by atoms with Crippen molar-refractivity contribution < 1.29 is 14.7 Å². The third-order valence-corrected chi connectivity index (χ3v) is 3.87. The number of aromatic nitrogens is 2. The molecular formula is C13H19N3O3. The fourth-order valence-electron chi connectivity index (χ4n) is 2.60. The number of aliphatic carboxylic acids is 1. The second kappa shape index (κ2) is 5.42. The van der Waals surface area contributed by atoms with E-state index in [0.29, 0.717) is 24.6 Å². The lowest BCUT2D eigenvalue weighted by Crippen LogP contribution is -2.50. The molecule has 6 heteroatoms. The first-order valence-electron chi connectivity index (χ1n) is 6.54. The summed E-state index contributed by atoms with van der Waals surface area (Å²) in [6.45, 7) is 2.56. The zero-order valence-corrected chi connectivity index (χ0v) is 11.2. The molecule has 1 aliphatic rings. The summed E-state index contributed by atoms with van der Waals surface area (Å²) in [6.07, 6.45) is 5.38. The number of carbonyl (C=O) groups excluding carboxylic acids is 1. The smallest absolute Gasteiger partial charge is 0.326 e. The second-order valence-corrected chi connectivity index (χ2v) is 5.04. The Kier molecular flexibility index (Phi) is 3.87. The van der Waals surface area contributed by atoms with Crippen LogP contribution < -0.4 is 0 Å². The molecular weight excluding hydrogens is 246 g/mol. The number of hydrogen-bond donors (Lipinski definition) is 1. The van der Waals surface area contributed by atoms with Crippen molar-refractivity contribution in [2.45, 2.75) is 32.2 Å². The van der Waals surface area contributed by atoms with E-state index < -0.39 is 12.0 Å². The number of carboxylic acids is 1. The van der Waals surface area contributed by atoms with Crippen molar-refractivity contribution in [1.29, 1.82) is 0 Å². The van der Waals surface area contributed by atoms with Gasteiger partial charge in [-0.15, -0.1) is 0 Å². The number of carboxylic acid groups (broad SMARTS) is 1. The van der Waals surface area contributed by atoms with Crippen molar-refractivity contribution in [3.05, 3.63) is 18.2 Å². The quantitative estimate of drug-likeness (QED) is 0.889. The SMILES string of the molecule is CCC1CCN(C(=O)c2cncn2C)C(C(=O)O)C1. The van der Waals surface area contributed by atoms with Gasteiger partial charge in [0, 0.05) is 13.6 Å². The van der Waals surface area contributed by atoms with Gasteiger partial charge in [0.25, 0.3) is 5.91 Å². The van der Waals surface area contributed by atoms with Gasteiger partial charge in [-0.1, -0.05) is 13.3 Å². The molecule has 1 amide bonds. The van der Waals surface area contributed by atoms with E-state index in [4.69, 9.17) is 0 Å². The molecule has 6 nitrogen and oxygen atoms in total. The van der Waals surface area contributed by atoms with Crippen molar-refractivity contribution in [2.75, 3.05) is 6.54 Å². The molecule has 0 radical (unpaired) electrons. The summed E-state index contributed by atoms with van der Waals surface area (Å²) in [5.74, 6) is -0.785. The third kappa shape index (κ3) is 2.62. The molecule has 1 aromatic heterocycles. The lowest BCUT2D eigenvalue weighted by atomic mass is 9.88. The fraction of sp³-hybridized carbons (Fsp3) is 0.615. The minimum Gasteiger partial charge on any atom is -0.480 e. The number of rotatable bonds is 3. The van der Waals surface area contributed by atoms with Crippen LogP contribution >= 0.6 is 0 Å². The van der Waals surface area contributed by atoms with Gasteiger partial charge in [0.1, 0.15) is 11.7 Å². The maximum Gasteiger partial charge on any atom is 0.326 e. The van der Waals surface area contributed by atoms with Crippen LogP contribution in [0.5, 0.6) is 0 Å². The lowest BCUT2D eigenvalue weighted by molar-refractivity contribution is -0.144. The Morgan fingerprint density at radius 3 is 2.79 bits per heavy atom. The van der Waals surface area contributed by atoms with Gasteiger partial charge >= 0.3 is 5.97 Å². The van der Waals surface area contributed by atoms with E-state index in [1.54, 1.807) is 17.9 Å². The average Bonchev–Trinajstić information content (AvgIpc) is 2.83. The highest BCUT2D eigenvalue weighted by Crippen LogP contribution is 2.26. The van der Waals surface area contributed by atoms with Gasteiger partial charge in [-0.2, -0.15) is 0 Å². The molecule has 1 saturated heterocycles. The molecule has 1 fully saturated rings. The van der Waals surface area contributed by atoms with Crippen LogP contribution in [0.25, 0.3) is 0 Å². The largest absolute Gasteiger partial charge is 0.480 e. The van der Waals surface area contributed by atoms with E-state index in [2.05, 4.69) is 11.9 Å². The number of carbonyl (C=O) groups is 2. The van der Waals surface area contributed by atoms with E-state index in [9.17, 15) is 14.7 Å². The minimum absolute atomic E-state index is 0.248. The molecule has 0 aromatic carbocycles. The number of nitrogens with zero attached hydrogens (tertiary/aromatic N) is 3. The second-order valence-electron chi connectivity index (χ2n) is 5.04. The Balaban J connectivity index is 2.20. The van der Waals surface area contributed by atoms with E-state index in [-0.39, 0.29) is 5.91 Å². The summed E-state index contributed by atoms with van der Waals surface area (Å²) >= 11 is 0. The Hall–Kier alpha value is -1.85. The van der Waals surface area contributed by atoms with Crippen LogP contribution in [0.1, 0.15) is 36.7 Å². The molecule has 2 atom stereocenters. The molecule has 1 aliphatic heterocycles. The zero-order valence-electron chi connectivity index (χ0n) is 11.2. The number of piperidine rings is 1. The van der Waals surface area contributed by atoms with Gasteiger partial charge in [-0.25, -0.2) is 9.78 Å². The normalized spacial score (nSPS) is 23.4. The van der Waals surface area contributed by atoms with E-state index in [1.807, 2.05) is 0 Å². The number of imidazole rings is 1. The van der Waals surface area contributed by atoms with Crippen molar-refractivity contribution in [1.82, 2.24) is 14.5 Å². The van der Waals surface area contributed by atoms with Gasteiger partial charge in [0.15, 0.2) is 0 Å². The van der Waals surface area contributed by atoms with E-state index in [0.717, 1.165) is 12.8 Å². The molecule has 2 heterocycles. The molecule has 0 spiro atoms. The van der Waals surface area contributed by atoms with Gasteiger partial charge in [-0.05, 0) is 18.8 Å². The Morgan fingerprint density at radius 1 is 1.53 bits per heavy atom. The first kappa shape index (κ1) is 13.6. The van der Waals surface area contributed by atoms with Crippen LogP contribution in [0.4, 0.5) is 0 Å². The molecule has 0 aliphatic carbocycles. The van der Waals surface area contributed by atoms with Gasteiger partial charge in [0.05, 0.1) is 12.5 Å². The summed E-state index contributed by atoms with van der Waals surface area (Å²) in [4.78, 5) is 29.1. The topological polar surface area (TPSA) is 75.4 Å². The van der Waals surface area contributed by atoms with Crippen molar-refractivity contribution >= 4 is 11.9 Å². The molecule has 104 valence electrons. The van der Waals surface area contributed by atoms with Gasteiger partial charge in [0.2, 0.25) is 0 Å². The molecule has 0 saturated carbocycles. The summed E-state index contributed by atoms with van der Waals surface area (Å²) in [5, 5.41) is 9.32. The summed E-state index contributed by atoms with van der Waals surface area (Å²) in [7, 11) is 1.73. The highest BCUT2D eigenvalue weighted by molar-refractivity contribution is 5.95. The summed E-state index contributed by atoms with van der Waals surface area (Å²) < 4.78 is 1.62. The Morgan fingerprint density at radius 2 is 2.26 bits per heavy atom. The molecule has 1 N–H and O–H groups in total. The summed E-state index contributed by atoms with van der Waals surface area (Å²) in [5.41, 5.74) is 0.432. The number of aryl methyl sites for hydroxylation is 1. The molecule has 2 rings (SSSR count). The predicted molar refractivity (Wildman–Crippen MR) is 68.7 cm³/mol. The van der Waals surface area contributed by atoms with Gasteiger partial charge in [-0.3, -0.25) is 4.79 Å². The van der Waals surface area contributed by atoms with E-state index >= 15 is 0 Å². The molecule has 2 unspecified atom stereocenters. The van der Waals surface area contributed by atoms with Crippen molar-refractivity contribution in [2.24, 2.45) is 13.0 Å². The monoisotopic (exact) mass is 265 g/mol. The number of hydrogen-bond acceptors (Lipinski definition) is 3. The third-order valence-electron chi connectivity index (χ3n) is 3.87. The van der Waals surface area contributed by atoms with Crippen LogP contribution in [-0.2, 0) is 11.8 Å². The lowest BCUT2D eigenvalue weighted by Gasteiger charge is -2.36. The zero-order chi connectivity index (χ0) is 14.0. The maximum atomic E-state index is 12.4. The maximum absolute atomic E-state index is 12.4. The van der Waals surface area contributed by atoms with Crippen LogP contribution in [-0.4, -0.2) is 44.0 Å².